The van der Waals surface area contributed by atoms with Gasteiger partial charge in [-0.2, -0.15) is 0 Å². The number of rotatable bonds is 6. The number of thiophene rings is 1. The van der Waals surface area contributed by atoms with E-state index in [2.05, 4.69) is 31.2 Å². The molecule has 5 heteroatoms. The largest absolute Gasteiger partial charge is 0.287 e. The molecule has 0 radical (unpaired) electrons. The summed E-state index contributed by atoms with van der Waals surface area (Å²) in [4.78, 5) is 20.7. The first kappa shape index (κ1) is 17.8. The minimum atomic E-state index is 0.170. The highest BCUT2D eigenvalue weighted by Crippen LogP contribution is 2.34. The molecule has 1 aliphatic carbocycles. The number of aromatic nitrogens is 2. The quantitative estimate of drug-likeness (QED) is 0.439. The van der Waals surface area contributed by atoms with Crippen molar-refractivity contribution >= 4 is 33.3 Å². The number of hydrogen-bond donors (Lipinski definition) is 0. The van der Waals surface area contributed by atoms with Gasteiger partial charge in [-0.15, -0.1) is 11.3 Å². The summed E-state index contributed by atoms with van der Waals surface area (Å²) in [6, 6.07) is 10.4. The fourth-order valence-corrected chi connectivity index (χ4v) is 5.79. The highest BCUT2D eigenvalue weighted by molar-refractivity contribution is 7.99. The summed E-state index contributed by atoms with van der Waals surface area (Å²) in [6.45, 7) is 2.87. The third-order valence-corrected chi connectivity index (χ3v) is 7.31. The molecule has 0 bridgehead atoms. The van der Waals surface area contributed by atoms with Crippen LogP contribution in [0.1, 0.15) is 42.2 Å². The molecule has 0 unspecified atom stereocenters. The number of benzene rings is 1. The molecule has 0 aliphatic heterocycles. The van der Waals surface area contributed by atoms with Crippen molar-refractivity contribution in [2.45, 2.75) is 57.1 Å². The Kier molecular flexibility index (Phi) is 5.46. The molecule has 1 aromatic carbocycles. The molecule has 0 spiro atoms. The summed E-state index contributed by atoms with van der Waals surface area (Å²) in [6.07, 6.45) is 6.51. The Labute approximate surface area is 162 Å². The average molecular weight is 385 g/mol. The van der Waals surface area contributed by atoms with E-state index in [0.717, 1.165) is 46.8 Å². The fraction of sp³-hybridized carbons (Fsp3) is 0.429. The van der Waals surface area contributed by atoms with E-state index >= 15 is 0 Å². The Morgan fingerprint density at radius 1 is 1.19 bits per heavy atom. The lowest BCUT2D eigenvalue weighted by molar-refractivity contribution is 0.595. The minimum Gasteiger partial charge on any atom is -0.287 e. The number of fused-ring (bicyclic) bond motifs is 3. The Balaban J connectivity index is 1.77. The molecule has 0 atom stereocenters. The van der Waals surface area contributed by atoms with E-state index in [1.165, 1.54) is 28.8 Å². The molecular formula is C21H24N2OS2. The molecule has 1 aliphatic rings. The monoisotopic (exact) mass is 384 g/mol. The van der Waals surface area contributed by atoms with Gasteiger partial charge in [0.1, 0.15) is 4.83 Å². The molecular weight excluding hydrogens is 360 g/mol. The number of nitrogens with zero attached hydrogens (tertiary/aromatic N) is 2. The van der Waals surface area contributed by atoms with Crippen LogP contribution in [0.2, 0.25) is 0 Å². The van der Waals surface area contributed by atoms with Gasteiger partial charge in [-0.05, 0) is 49.7 Å². The van der Waals surface area contributed by atoms with Crippen molar-refractivity contribution in [3.8, 4) is 0 Å². The summed E-state index contributed by atoms with van der Waals surface area (Å²) < 4.78 is 1.93. The fourth-order valence-electron chi connectivity index (χ4n) is 3.61. The van der Waals surface area contributed by atoms with Crippen LogP contribution in [0.25, 0.3) is 10.2 Å². The minimum absolute atomic E-state index is 0.170. The van der Waals surface area contributed by atoms with Crippen molar-refractivity contribution in [1.29, 1.82) is 0 Å². The molecule has 0 fully saturated rings. The van der Waals surface area contributed by atoms with Crippen molar-refractivity contribution in [3.63, 3.8) is 0 Å². The summed E-state index contributed by atoms with van der Waals surface area (Å²) in [5, 5.41) is 1.79. The van der Waals surface area contributed by atoms with E-state index in [4.69, 9.17) is 4.98 Å². The van der Waals surface area contributed by atoms with Crippen LogP contribution in [0, 0.1) is 0 Å². The van der Waals surface area contributed by atoms with Crippen molar-refractivity contribution < 1.29 is 0 Å². The van der Waals surface area contributed by atoms with Gasteiger partial charge in [-0.1, -0.05) is 49.0 Å². The molecule has 3 aromatic rings. The smallest absolute Gasteiger partial charge is 0.263 e. The van der Waals surface area contributed by atoms with Crippen LogP contribution in [0.5, 0.6) is 0 Å². The lowest BCUT2D eigenvalue weighted by Gasteiger charge is -2.13. The predicted octanol–water partition coefficient (Wildman–Crippen LogP) is 5.08. The number of thioether (sulfide) groups is 1. The molecule has 136 valence electrons. The van der Waals surface area contributed by atoms with Crippen LogP contribution in [0.4, 0.5) is 0 Å². The first-order valence-electron chi connectivity index (χ1n) is 9.49. The Hall–Kier alpha value is -1.59. The van der Waals surface area contributed by atoms with Gasteiger partial charge in [0, 0.05) is 17.2 Å². The highest BCUT2D eigenvalue weighted by Gasteiger charge is 2.22. The maximum Gasteiger partial charge on any atom is 0.263 e. The van der Waals surface area contributed by atoms with Gasteiger partial charge < -0.3 is 0 Å². The van der Waals surface area contributed by atoms with Crippen LogP contribution in [0.15, 0.2) is 40.3 Å². The Morgan fingerprint density at radius 2 is 2.00 bits per heavy atom. The summed E-state index contributed by atoms with van der Waals surface area (Å²) in [7, 11) is 0. The zero-order valence-electron chi connectivity index (χ0n) is 15.2. The van der Waals surface area contributed by atoms with Gasteiger partial charge in [0.05, 0.1) is 5.39 Å². The number of hydrogen-bond acceptors (Lipinski definition) is 4. The molecule has 0 saturated heterocycles. The maximum atomic E-state index is 13.4. The molecule has 4 rings (SSSR count). The van der Waals surface area contributed by atoms with Crippen molar-refractivity contribution in [1.82, 2.24) is 9.55 Å². The average Bonchev–Trinajstić information content (AvgIpc) is 3.05. The van der Waals surface area contributed by atoms with Crippen molar-refractivity contribution in [3.05, 3.63) is 56.7 Å². The number of aryl methyl sites for hydroxylation is 3. The molecule has 0 amide bonds. The van der Waals surface area contributed by atoms with Crippen molar-refractivity contribution in [2.75, 3.05) is 5.75 Å². The van der Waals surface area contributed by atoms with Gasteiger partial charge in [0.2, 0.25) is 0 Å². The van der Waals surface area contributed by atoms with Crippen molar-refractivity contribution in [2.24, 2.45) is 0 Å². The van der Waals surface area contributed by atoms with E-state index in [1.54, 1.807) is 23.1 Å². The molecule has 3 nitrogen and oxygen atoms in total. The second kappa shape index (κ2) is 7.97. The van der Waals surface area contributed by atoms with Crippen LogP contribution < -0.4 is 5.56 Å². The van der Waals surface area contributed by atoms with E-state index in [-0.39, 0.29) is 5.56 Å². The highest BCUT2D eigenvalue weighted by atomic mass is 32.2. The second-order valence-corrected chi connectivity index (χ2v) is 8.97. The van der Waals surface area contributed by atoms with Gasteiger partial charge in [0.15, 0.2) is 5.16 Å². The van der Waals surface area contributed by atoms with Crippen LogP contribution in [-0.2, 0) is 25.8 Å². The van der Waals surface area contributed by atoms with Crippen LogP contribution >= 0.6 is 23.1 Å². The molecule has 26 heavy (non-hydrogen) atoms. The lowest BCUT2D eigenvalue weighted by atomic mass is 9.97. The summed E-state index contributed by atoms with van der Waals surface area (Å²) in [5.41, 5.74) is 2.72. The topological polar surface area (TPSA) is 34.9 Å². The third kappa shape index (κ3) is 3.47. The Bertz CT molecular complexity index is 960. The van der Waals surface area contributed by atoms with Gasteiger partial charge in [-0.3, -0.25) is 9.36 Å². The summed E-state index contributed by atoms with van der Waals surface area (Å²) in [5.74, 6) is 0.994. The molecule has 2 heterocycles. The molecule has 2 aromatic heterocycles. The van der Waals surface area contributed by atoms with Gasteiger partial charge >= 0.3 is 0 Å². The SMILES string of the molecule is CCCSc1nc2sc3c(c2c(=O)n1CCc1ccccc1)CCCC3. The van der Waals surface area contributed by atoms with E-state index < -0.39 is 0 Å². The van der Waals surface area contributed by atoms with Crippen LogP contribution in [-0.4, -0.2) is 15.3 Å². The van der Waals surface area contributed by atoms with Gasteiger partial charge in [-0.25, -0.2) is 4.98 Å². The standard InChI is InChI=1S/C21H24N2OS2/c1-2-14-25-21-22-19-18(16-10-6-7-11-17(16)26-19)20(24)23(21)13-12-15-8-4-3-5-9-15/h3-5,8-9H,2,6-7,10-14H2,1H3. The van der Waals surface area contributed by atoms with E-state index in [1.807, 2.05) is 10.6 Å². The zero-order valence-corrected chi connectivity index (χ0v) is 16.8. The third-order valence-electron chi connectivity index (χ3n) is 4.94. The normalized spacial score (nSPS) is 13.9. The molecule has 0 N–H and O–H groups in total. The van der Waals surface area contributed by atoms with Gasteiger partial charge in [0.25, 0.3) is 5.56 Å². The lowest BCUT2D eigenvalue weighted by Crippen LogP contribution is -2.24. The molecule has 0 saturated carbocycles. The predicted molar refractivity (Wildman–Crippen MR) is 112 cm³/mol. The van der Waals surface area contributed by atoms with E-state index in [0.29, 0.717) is 6.54 Å². The maximum absolute atomic E-state index is 13.4. The first-order valence-corrected chi connectivity index (χ1v) is 11.3. The van der Waals surface area contributed by atoms with E-state index in [9.17, 15) is 4.79 Å². The zero-order chi connectivity index (χ0) is 17.9. The van der Waals surface area contributed by atoms with Crippen LogP contribution in [0.3, 0.4) is 0 Å². The Morgan fingerprint density at radius 3 is 2.81 bits per heavy atom. The second-order valence-electron chi connectivity index (χ2n) is 6.83. The summed E-state index contributed by atoms with van der Waals surface area (Å²) >= 11 is 3.46. The first-order chi connectivity index (χ1) is 12.8.